The summed E-state index contributed by atoms with van der Waals surface area (Å²) in [6, 6.07) is 7.57. The lowest BCUT2D eigenvalue weighted by molar-refractivity contribution is -0.276. The molecule has 208 valence electrons. The van der Waals surface area contributed by atoms with E-state index in [4.69, 9.17) is 0 Å². The topological polar surface area (TPSA) is 35.0 Å². The monoisotopic (exact) mass is 572 g/mol. The Kier molecular flexibility index (Phi) is 8.12. The molecule has 3 nitrogen and oxygen atoms in total. The fourth-order valence-corrected chi connectivity index (χ4v) is 3.77. The number of nitrogens with zero attached hydrogens (tertiary/aromatic N) is 2. The third-order valence-corrected chi connectivity index (χ3v) is 5.59. The van der Waals surface area contributed by atoms with Crippen LogP contribution < -0.4 is 4.74 Å². The molecule has 0 unspecified atom stereocenters. The van der Waals surface area contributed by atoms with E-state index in [-0.39, 0.29) is 29.8 Å². The molecule has 4 aromatic rings. The molecule has 0 N–H and O–H groups in total. The van der Waals surface area contributed by atoms with Crippen LogP contribution in [-0.2, 0) is 12.8 Å². The molecular weight excluding hydrogens is 558 g/mol. The standard InChI is InChI=1S/C27H14F10N2O/c28-18-7-13(8-19(29)23(18)16-9-20(30)25(21(31)10-16)40-27(35,36)37)1-6-22-38-11-17(12-39-22)14-2-4-15(5-3-14)24(32)26(33)34/h2-5,7-12H,1,6H2. The van der Waals surface area contributed by atoms with Crippen LogP contribution in [0, 0.1) is 23.3 Å². The first kappa shape index (κ1) is 28.6. The van der Waals surface area contributed by atoms with Crippen molar-refractivity contribution >= 4 is 5.83 Å². The van der Waals surface area contributed by atoms with E-state index < -0.39 is 58.4 Å². The second-order valence-electron chi connectivity index (χ2n) is 8.29. The number of rotatable bonds is 7. The van der Waals surface area contributed by atoms with Crippen molar-refractivity contribution in [1.29, 1.82) is 0 Å². The average Bonchev–Trinajstić information content (AvgIpc) is 2.88. The zero-order chi connectivity index (χ0) is 29.2. The number of hydrogen-bond donors (Lipinski definition) is 0. The van der Waals surface area contributed by atoms with Crippen molar-refractivity contribution in [2.45, 2.75) is 19.2 Å². The van der Waals surface area contributed by atoms with Gasteiger partial charge in [-0.25, -0.2) is 31.9 Å². The van der Waals surface area contributed by atoms with Crippen molar-refractivity contribution in [1.82, 2.24) is 9.97 Å². The Morgan fingerprint density at radius 1 is 0.675 bits per heavy atom. The molecule has 1 aromatic heterocycles. The Hall–Kier alpha value is -4.42. The largest absolute Gasteiger partial charge is 0.573 e. The van der Waals surface area contributed by atoms with Crippen LogP contribution >= 0.6 is 0 Å². The lowest BCUT2D eigenvalue weighted by Gasteiger charge is -2.13. The zero-order valence-electron chi connectivity index (χ0n) is 19.8. The van der Waals surface area contributed by atoms with Crippen molar-refractivity contribution in [3.05, 3.63) is 107 Å². The molecule has 0 atom stereocenters. The summed E-state index contributed by atoms with van der Waals surface area (Å²) >= 11 is 0. The second-order valence-corrected chi connectivity index (χ2v) is 8.29. The van der Waals surface area contributed by atoms with E-state index in [0.717, 1.165) is 24.3 Å². The van der Waals surface area contributed by atoms with Crippen LogP contribution in [0.4, 0.5) is 43.9 Å². The fourth-order valence-electron chi connectivity index (χ4n) is 3.77. The van der Waals surface area contributed by atoms with E-state index in [1.165, 1.54) is 24.5 Å². The van der Waals surface area contributed by atoms with Crippen LogP contribution in [0.3, 0.4) is 0 Å². The van der Waals surface area contributed by atoms with E-state index in [1.54, 1.807) is 0 Å². The third kappa shape index (κ3) is 6.58. The first-order valence-electron chi connectivity index (χ1n) is 11.2. The Bertz CT molecular complexity index is 1520. The summed E-state index contributed by atoms with van der Waals surface area (Å²) in [4.78, 5) is 8.28. The molecule has 0 aliphatic heterocycles. The summed E-state index contributed by atoms with van der Waals surface area (Å²) in [7, 11) is 0. The number of ether oxygens (including phenoxy) is 1. The van der Waals surface area contributed by atoms with Crippen LogP contribution in [0.15, 0.2) is 67.0 Å². The molecule has 0 saturated carbocycles. The summed E-state index contributed by atoms with van der Waals surface area (Å²) in [5.74, 6) is -9.13. The predicted octanol–water partition coefficient (Wildman–Crippen LogP) is 8.59. The van der Waals surface area contributed by atoms with Crippen LogP contribution in [0.1, 0.15) is 17.0 Å². The van der Waals surface area contributed by atoms with E-state index in [9.17, 15) is 43.9 Å². The molecule has 4 rings (SSSR count). The quantitative estimate of drug-likeness (QED) is 0.208. The van der Waals surface area contributed by atoms with Crippen LogP contribution in [0.25, 0.3) is 28.1 Å². The summed E-state index contributed by atoms with van der Waals surface area (Å²) < 4.78 is 136. The van der Waals surface area contributed by atoms with Gasteiger partial charge in [0.1, 0.15) is 17.5 Å². The maximum absolute atomic E-state index is 14.7. The van der Waals surface area contributed by atoms with Crippen molar-refractivity contribution in [3.8, 4) is 28.0 Å². The van der Waals surface area contributed by atoms with Crippen LogP contribution in [0.5, 0.6) is 5.75 Å². The molecule has 0 bridgehead atoms. The van der Waals surface area contributed by atoms with Gasteiger partial charge in [-0.05, 0) is 47.4 Å². The Balaban J connectivity index is 1.47. The van der Waals surface area contributed by atoms with Crippen molar-refractivity contribution in [2.75, 3.05) is 0 Å². The molecule has 0 spiro atoms. The van der Waals surface area contributed by atoms with E-state index in [1.807, 2.05) is 0 Å². The SMILES string of the molecule is FC(F)=C(F)c1ccc(-c2cnc(CCc3cc(F)c(-c4cc(F)c(OC(F)(F)F)c(F)c4)c(F)c3)nc2)cc1. The average molecular weight is 572 g/mol. The molecule has 0 aliphatic rings. The molecule has 0 saturated heterocycles. The number of aryl methyl sites for hydroxylation is 2. The van der Waals surface area contributed by atoms with E-state index in [0.29, 0.717) is 23.3 Å². The smallest absolute Gasteiger partial charge is 0.399 e. The van der Waals surface area contributed by atoms with E-state index in [2.05, 4.69) is 14.7 Å². The molecule has 0 radical (unpaired) electrons. The Labute approximate surface area is 219 Å². The summed E-state index contributed by atoms with van der Waals surface area (Å²) in [6.45, 7) is 0. The van der Waals surface area contributed by atoms with Gasteiger partial charge >= 0.3 is 12.4 Å². The second kappa shape index (κ2) is 11.4. The highest BCUT2D eigenvalue weighted by Gasteiger charge is 2.34. The summed E-state index contributed by atoms with van der Waals surface area (Å²) in [5.41, 5.74) is -0.673. The fraction of sp³-hybridized carbons (Fsp3) is 0.111. The van der Waals surface area contributed by atoms with Gasteiger partial charge in [0, 0.05) is 29.9 Å². The number of hydrogen-bond acceptors (Lipinski definition) is 3. The lowest BCUT2D eigenvalue weighted by atomic mass is 9.99. The number of alkyl halides is 3. The molecule has 0 aliphatic carbocycles. The minimum Gasteiger partial charge on any atom is -0.399 e. The van der Waals surface area contributed by atoms with Crippen LogP contribution in [0.2, 0.25) is 0 Å². The predicted molar refractivity (Wildman–Crippen MR) is 124 cm³/mol. The first-order chi connectivity index (χ1) is 18.8. The van der Waals surface area contributed by atoms with E-state index >= 15 is 0 Å². The Morgan fingerprint density at radius 2 is 1.23 bits per heavy atom. The van der Waals surface area contributed by atoms with Gasteiger partial charge < -0.3 is 4.74 Å². The molecule has 0 fully saturated rings. The minimum atomic E-state index is -5.38. The van der Waals surface area contributed by atoms with Gasteiger partial charge in [-0.2, -0.15) is 8.78 Å². The highest BCUT2D eigenvalue weighted by Crippen LogP contribution is 2.35. The first-order valence-corrected chi connectivity index (χ1v) is 11.2. The molecule has 13 heteroatoms. The summed E-state index contributed by atoms with van der Waals surface area (Å²) in [6.07, 6.45) is -4.82. The third-order valence-electron chi connectivity index (χ3n) is 5.59. The molecular formula is C27H14F10N2O. The normalized spacial score (nSPS) is 11.4. The number of benzene rings is 3. The number of halogens is 10. The van der Waals surface area contributed by atoms with Crippen molar-refractivity contribution in [2.24, 2.45) is 0 Å². The van der Waals surface area contributed by atoms with Crippen molar-refractivity contribution in [3.63, 3.8) is 0 Å². The van der Waals surface area contributed by atoms with Gasteiger partial charge in [0.15, 0.2) is 17.5 Å². The zero-order valence-corrected chi connectivity index (χ0v) is 19.8. The summed E-state index contributed by atoms with van der Waals surface area (Å²) in [5, 5.41) is 0. The van der Waals surface area contributed by atoms with Crippen molar-refractivity contribution < 1.29 is 48.6 Å². The number of aromatic nitrogens is 2. The van der Waals surface area contributed by atoms with Gasteiger partial charge in [0.05, 0.1) is 5.56 Å². The molecule has 1 heterocycles. The maximum Gasteiger partial charge on any atom is 0.573 e. The van der Waals surface area contributed by atoms with Crippen LogP contribution in [-0.4, -0.2) is 16.3 Å². The van der Waals surface area contributed by atoms with Gasteiger partial charge in [-0.15, -0.1) is 13.2 Å². The lowest BCUT2D eigenvalue weighted by Crippen LogP contribution is -2.19. The van der Waals surface area contributed by atoms with Gasteiger partial charge in [0.25, 0.3) is 0 Å². The highest BCUT2D eigenvalue weighted by molar-refractivity contribution is 5.68. The molecule has 40 heavy (non-hydrogen) atoms. The van der Waals surface area contributed by atoms with Gasteiger partial charge in [-0.1, -0.05) is 24.3 Å². The Morgan fingerprint density at radius 3 is 1.73 bits per heavy atom. The van der Waals surface area contributed by atoms with Gasteiger partial charge in [0.2, 0.25) is 5.75 Å². The molecule has 3 aromatic carbocycles. The molecule has 0 amide bonds. The minimum absolute atomic E-state index is 0.0453. The highest BCUT2D eigenvalue weighted by atomic mass is 19.4. The van der Waals surface area contributed by atoms with Gasteiger partial charge in [-0.3, -0.25) is 0 Å². The maximum atomic E-state index is 14.7.